The Balaban J connectivity index is 1.99. The number of thiophene rings is 1. The van der Waals surface area contributed by atoms with Crippen molar-refractivity contribution < 1.29 is 14.3 Å². The Hall–Kier alpha value is -2.08. The van der Waals surface area contributed by atoms with Gasteiger partial charge in [0.25, 0.3) is 0 Å². The summed E-state index contributed by atoms with van der Waals surface area (Å²) in [6.07, 6.45) is 1.11. The molecule has 0 amide bonds. The van der Waals surface area contributed by atoms with Crippen LogP contribution in [-0.4, -0.2) is 23.8 Å². The number of aromatic amines is 1. The molecule has 0 aliphatic heterocycles. The summed E-state index contributed by atoms with van der Waals surface area (Å²) in [6.45, 7) is 2.05. The molecule has 110 valence electrons. The molecule has 0 saturated carbocycles. The van der Waals surface area contributed by atoms with E-state index in [9.17, 15) is 9.59 Å². The number of carbonyl (C=O) groups excluding carboxylic acids is 2. The van der Waals surface area contributed by atoms with E-state index in [0.29, 0.717) is 18.4 Å². The third kappa shape index (κ3) is 2.25. The largest absolute Gasteiger partial charge is 0.464 e. The molecule has 1 atom stereocenters. The van der Waals surface area contributed by atoms with Gasteiger partial charge in [0.15, 0.2) is 5.78 Å². The van der Waals surface area contributed by atoms with Crippen molar-refractivity contribution in [3.63, 3.8) is 0 Å². The molecule has 0 radical (unpaired) electrons. The lowest BCUT2D eigenvalue weighted by atomic mass is 9.85. The molecular weight excluding hydrogens is 288 g/mol. The van der Waals surface area contributed by atoms with E-state index in [1.54, 1.807) is 11.3 Å². The van der Waals surface area contributed by atoms with Gasteiger partial charge in [0, 0.05) is 27.8 Å². The summed E-state index contributed by atoms with van der Waals surface area (Å²) in [4.78, 5) is 29.4. The van der Waals surface area contributed by atoms with Gasteiger partial charge in [0.05, 0.1) is 18.4 Å². The second-order valence-electron chi connectivity index (χ2n) is 5.24. The minimum absolute atomic E-state index is 0.0174. The molecule has 0 aromatic carbocycles. The predicted octanol–water partition coefficient (Wildman–Crippen LogP) is 2.67. The van der Waals surface area contributed by atoms with Crippen molar-refractivity contribution >= 4 is 28.8 Å². The summed E-state index contributed by atoms with van der Waals surface area (Å²) in [5, 5.41) is 0. The van der Waals surface area contributed by atoms with Crippen LogP contribution in [0.3, 0.4) is 0 Å². The van der Waals surface area contributed by atoms with Crippen LogP contribution in [0.25, 0.3) is 0 Å². The molecule has 0 bridgehead atoms. The van der Waals surface area contributed by atoms with Gasteiger partial charge in [-0.3, -0.25) is 4.79 Å². The Labute approximate surface area is 126 Å². The molecule has 2 aromatic heterocycles. The predicted molar refractivity (Wildman–Crippen MR) is 81.0 cm³/mol. The molecule has 3 rings (SSSR count). The lowest BCUT2D eigenvalue weighted by Crippen LogP contribution is -2.18. The molecule has 5 nitrogen and oxygen atoms in total. The molecule has 0 spiro atoms. The highest BCUT2D eigenvalue weighted by Gasteiger charge is 2.33. The maximum Gasteiger partial charge on any atom is 0.356 e. The lowest BCUT2D eigenvalue weighted by Gasteiger charge is -2.20. The van der Waals surface area contributed by atoms with Gasteiger partial charge in [-0.25, -0.2) is 4.79 Å². The Bertz CT molecular complexity index is 729. The summed E-state index contributed by atoms with van der Waals surface area (Å²) < 4.78 is 4.69. The summed E-state index contributed by atoms with van der Waals surface area (Å²) in [6, 6.07) is 4.12. The number of nitrogens with two attached hydrogens (primary N) is 1. The van der Waals surface area contributed by atoms with E-state index in [-0.39, 0.29) is 23.1 Å². The average molecular weight is 304 g/mol. The smallest absolute Gasteiger partial charge is 0.356 e. The molecule has 2 heterocycles. The van der Waals surface area contributed by atoms with Crippen molar-refractivity contribution in [1.82, 2.24) is 4.98 Å². The zero-order chi connectivity index (χ0) is 15.1. The van der Waals surface area contributed by atoms with Crippen molar-refractivity contribution in [2.45, 2.75) is 25.7 Å². The molecular formula is C15H16N2O3S. The monoisotopic (exact) mass is 304 g/mol. The van der Waals surface area contributed by atoms with Crippen LogP contribution in [-0.2, 0) is 11.2 Å². The molecule has 6 heteroatoms. The van der Waals surface area contributed by atoms with Gasteiger partial charge in [-0.05, 0) is 25.5 Å². The van der Waals surface area contributed by atoms with Crippen LogP contribution in [0.4, 0.5) is 5.69 Å². The second-order valence-corrected chi connectivity index (χ2v) is 6.56. The number of nitrogens with one attached hydrogen (secondary N) is 1. The normalized spacial score (nSPS) is 17.6. The number of Topliss-reactive ketones (excluding diaryl/α,β-unsaturated/α-hetero) is 1. The first-order valence-electron chi connectivity index (χ1n) is 6.69. The topological polar surface area (TPSA) is 85.2 Å². The van der Waals surface area contributed by atoms with Crippen LogP contribution >= 0.6 is 11.3 Å². The van der Waals surface area contributed by atoms with Crippen LogP contribution in [0.5, 0.6) is 0 Å². The maximum absolute atomic E-state index is 12.4. The van der Waals surface area contributed by atoms with Crippen molar-refractivity contribution in [1.29, 1.82) is 0 Å². The van der Waals surface area contributed by atoms with Crippen LogP contribution in [0, 0.1) is 6.92 Å². The standard InChI is InChI=1S/C15H16N2O3S/c1-7-3-4-11(21-7)8-5-9-12(10(18)6-8)13(16)14(17-9)15(19)20-2/h3-4,8,17H,5-6,16H2,1-2H3/t8-/m0/s1. The third-order valence-corrected chi connectivity index (χ3v) is 4.99. The first-order valence-corrected chi connectivity index (χ1v) is 7.51. The zero-order valence-corrected chi connectivity index (χ0v) is 12.7. The molecule has 21 heavy (non-hydrogen) atoms. The number of H-pyrrole nitrogens is 1. The third-order valence-electron chi connectivity index (χ3n) is 3.83. The van der Waals surface area contributed by atoms with Crippen LogP contribution in [0.15, 0.2) is 12.1 Å². The fourth-order valence-electron chi connectivity index (χ4n) is 2.82. The Morgan fingerprint density at radius 2 is 2.19 bits per heavy atom. The van der Waals surface area contributed by atoms with Crippen molar-refractivity contribution in [2.75, 3.05) is 12.8 Å². The van der Waals surface area contributed by atoms with E-state index < -0.39 is 5.97 Å². The fraction of sp³-hybridized carbons (Fsp3) is 0.333. The number of esters is 1. The molecule has 2 aromatic rings. The number of nitrogen functional groups attached to an aromatic ring is 1. The highest BCUT2D eigenvalue weighted by Crippen LogP contribution is 2.38. The molecule has 0 saturated heterocycles. The number of ketones is 1. The van der Waals surface area contributed by atoms with Crippen LogP contribution < -0.4 is 5.73 Å². The van der Waals surface area contributed by atoms with E-state index in [0.717, 1.165) is 5.69 Å². The number of anilines is 1. The Morgan fingerprint density at radius 3 is 2.81 bits per heavy atom. The quantitative estimate of drug-likeness (QED) is 0.835. The minimum Gasteiger partial charge on any atom is -0.464 e. The van der Waals surface area contributed by atoms with Crippen molar-refractivity contribution in [3.8, 4) is 0 Å². The molecule has 1 aliphatic rings. The maximum atomic E-state index is 12.4. The van der Waals surface area contributed by atoms with Gasteiger partial charge >= 0.3 is 5.97 Å². The number of rotatable bonds is 2. The number of hydrogen-bond acceptors (Lipinski definition) is 5. The number of hydrogen-bond donors (Lipinski definition) is 2. The SMILES string of the molecule is COC(=O)c1[nH]c2c(c1N)C(=O)C[C@@H](c1ccc(C)s1)C2. The summed E-state index contributed by atoms with van der Waals surface area (Å²) in [5.74, 6) is -0.415. The zero-order valence-electron chi connectivity index (χ0n) is 11.9. The fourth-order valence-corrected chi connectivity index (χ4v) is 3.80. The lowest BCUT2D eigenvalue weighted by molar-refractivity contribution is 0.0595. The van der Waals surface area contributed by atoms with E-state index >= 15 is 0 Å². The van der Waals surface area contributed by atoms with E-state index in [1.807, 2.05) is 6.92 Å². The molecule has 0 fully saturated rings. The second kappa shape index (κ2) is 5.04. The van der Waals surface area contributed by atoms with Gasteiger partial charge in [-0.15, -0.1) is 11.3 Å². The van der Waals surface area contributed by atoms with E-state index in [1.165, 1.54) is 16.9 Å². The first-order chi connectivity index (χ1) is 10.0. The Kier molecular flexibility index (Phi) is 3.33. The van der Waals surface area contributed by atoms with Gasteiger partial charge in [-0.1, -0.05) is 0 Å². The van der Waals surface area contributed by atoms with Gasteiger partial charge in [-0.2, -0.15) is 0 Å². The average Bonchev–Trinajstić information content (AvgIpc) is 3.02. The number of ether oxygens (including phenoxy) is 1. The van der Waals surface area contributed by atoms with Crippen molar-refractivity contribution in [2.24, 2.45) is 0 Å². The number of carbonyl (C=O) groups is 2. The number of methoxy groups -OCH3 is 1. The molecule has 3 N–H and O–H groups in total. The number of aryl methyl sites for hydroxylation is 1. The number of fused-ring (bicyclic) bond motifs is 1. The Morgan fingerprint density at radius 1 is 1.43 bits per heavy atom. The van der Waals surface area contributed by atoms with Gasteiger partial charge in [0.2, 0.25) is 0 Å². The number of aromatic nitrogens is 1. The van der Waals surface area contributed by atoms with Crippen LogP contribution in [0.2, 0.25) is 0 Å². The van der Waals surface area contributed by atoms with Gasteiger partial charge < -0.3 is 15.5 Å². The minimum atomic E-state index is -0.543. The summed E-state index contributed by atoms with van der Waals surface area (Å²) in [7, 11) is 1.29. The van der Waals surface area contributed by atoms with Crippen LogP contribution in [0.1, 0.15) is 48.6 Å². The van der Waals surface area contributed by atoms with E-state index in [2.05, 4.69) is 21.9 Å². The first kappa shape index (κ1) is 13.9. The summed E-state index contributed by atoms with van der Waals surface area (Å²) in [5.41, 5.74) is 7.51. The van der Waals surface area contributed by atoms with E-state index in [4.69, 9.17) is 5.73 Å². The van der Waals surface area contributed by atoms with Gasteiger partial charge in [0.1, 0.15) is 5.69 Å². The highest BCUT2D eigenvalue weighted by molar-refractivity contribution is 7.12. The molecule has 0 unspecified atom stereocenters. The van der Waals surface area contributed by atoms with Crippen molar-refractivity contribution in [3.05, 3.63) is 38.8 Å². The molecule has 1 aliphatic carbocycles. The summed E-state index contributed by atoms with van der Waals surface area (Å²) >= 11 is 1.70. The highest BCUT2D eigenvalue weighted by atomic mass is 32.1.